The van der Waals surface area contributed by atoms with Crippen molar-refractivity contribution in [2.24, 2.45) is 0 Å². The van der Waals surface area contributed by atoms with Crippen molar-refractivity contribution < 1.29 is 9.59 Å². The normalized spacial score (nSPS) is 10.6. The molecule has 2 aromatic rings. The summed E-state index contributed by atoms with van der Waals surface area (Å²) in [7, 11) is 0. The van der Waals surface area contributed by atoms with E-state index in [2.05, 4.69) is 10.6 Å². The first-order chi connectivity index (χ1) is 12.0. The number of carbonyl (C=O) groups excluding carboxylic acids is 2. The van der Waals surface area contributed by atoms with E-state index in [4.69, 9.17) is 11.6 Å². The average Bonchev–Trinajstić information content (AvgIpc) is 2.57. The van der Waals surface area contributed by atoms with E-state index in [1.807, 2.05) is 36.1 Å². The molecule has 0 unspecified atom stereocenters. The van der Waals surface area contributed by atoms with Gasteiger partial charge in [0.25, 0.3) is 0 Å². The molecule has 6 heteroatoms. The molecule has 0 bridgehead atoms. The van der Waals surface area contributed by atoms with Crippen molar-refractivity contribution in [1.29, 1.82) is 0 Å². The zero-order valence-corrected chi connectivity index (χ0v) is 15.1. The average molecular weight is 360 g/mol. The molecule has 5 nitrogen and oxygen atoms in total. The number of carbonyl (C=O) groups is 2. The van der Waals surface area contributed by atoms with Gasteiger partial charge >= 0.3 is 0 Å². The Labute approximate surface area is 153 Å². The van der Waals surface area contributed by atoms with Crippen LogP contribution in [-0.2, 0) is 16.1 Å². The van der Waals surface area contributed by atoms with Gasteiger partial charge in [0, 0.05) is 29.9 Å². The van der Waals surface area contributed by atoms with Crippen LogP contribution in [0.15, 0.2) is 48.5 Å². The molecule has 0 radical (unpaired) electrons. The topological polar surface area (TPSA) is 61.4 Å². The lowest BCUT2D eigenvalue weighted by Crippen LogP contribution is -2.32. The minimum absolute atomic E-state index is 0.0961. The Bertz CT molecular complexity index is 732. The second-order valence-corrected chi connectivity index (χ2v) is 6.11. The summed E-state index contributed by atoms with van der Waals surface area (Å²) in [6.45, 7) is 5.08. The van der Waals surface area contributed by atoms with Gasteiger partial charge in [-0.15, -0.1) is 0 Å². The molecule has 2 N–H and O–H groups in total. The van der Waals surface area contributed by atoms with Crippen LogP contribution in [0.2, 0.25) is 5.02 Å². The van der Waals surface area contributed by atoms with Crippen LogP contribution in [0.1, 0.15) is 19.4 Å². The van der Waals surface area contributed by atoms with E-state index in [-0.39, 0.29) is 18.4 Å². The summed E-state index contributed by atoms with van der Waals surface area (Å²) in [5.74, 6) is -0.226. The van der Waals surface area contributed by atoms with Crippen LogP contribution in [0.4, 0.5) is 11.4 Å². The molecule has 2 rings (SSSR count). The smallest absolute Gasteiger partial charge is 0.238 e. The third-order valence-electron chi connectivity index (χ3n) is 3.66. The van der Waals surface area contributed by atoms with E-state index in [1.54, 1.807) is 24.3 Å². The second-order valence-electron chi connectivity index (χ2n) is 5.70. The fourth-order valence-corrected chi connectivity index (χ4v) is 2.59. The van der Waals surface area contributed by atoms with E-state index in [1.165, 1.54) is 6.92 Å². The first-order valence-electron chi connectivity index (χ1n) is 8.11. The maximum absolute atomic E-state index is 12.3. The summed E-state index contributed by atoms with van der Waals surface area (Å²) in [4.78, 5) is 25.3. The van der Waals surface area contributed by atoms with Crippen LogP contribution in [0.25, 0.3) is 0 Å². The number of nitrogens with zero attached hydrogens (tertiary/aromatic N) is 1. The molecule has 0 spiro atoms. The summed E-state index contributed by atoms with van der Waals surface area (Å²) < 4.78 is 0. The van der Waals surface area contributed by atoms with E-state index in [0.29, 0.717) is 22.9 Å². The highest BCUT2D eigenvalue weighted by Crippen LogP contribution is 2.17. The zero-order chi connectivity index (χ0) is 18.2. The Morgan fingerprint density at radius 2 is 1.60 bits per heavy atom. The van der Waals surface area contributed by atoms with Gasteiger partial charge in [-0.1, -0.05) is 36.7 Å². The Hall–Kier alpha value is -2.37. The number of halogens is 1. The lowest BCUT2D eigenvalue weighted by atomic mass is 10.2. The molecule has 0 aliphatic heterocycles. The van der Waals surface area contributed by atoms with Gasteiger partial charge in [0.1, 0.15) is 0 Å². The lowest BCUT2D eigenvalue weighted by molar-refractivity contribution is -0.117. The van der Waals surface area contributed by atoms with Crippen LogP contribution in [0.5, 0.6) is 0 Å². The predicted molar refractivity (Wildman–Crippen MR) is 102 cm³/mol. The van der Waals surface area contributed by atoms with Crippen molar-refractivity contribution >= 4 is 34.8 Å². The largest absolute Gasteiger partial charge is 0.326 e. The van der Waals surface area contributed by atoms with E-state index >= 15 is 0 Å². The fraction of sp³-hybridized carbons (Fsp3) is 0.263. The summed E-state index contributed by atoms with van der Waals surface area (Å²) in [6.07, 6.45) is 0. The third-order valence-corrected chi connectivity index (χ3v) is 4.02. The van der Waals surface area contributed by atoms with E-state index < -0.39 is 0 Å². The van der Waals surface area contributed by atoms with Gasteiger partial charge in [-0.3, -0.25) is 14.5 Å². The molecule has 0 aliphatic carbocycles. The molecule has 25 heavy (non-hydrogen) atoms. The maximum atomic E-state index is 12.3. The first kappa shape index (κ1) is 19.0. The van der Waals surface area contributed by atoms with Gasteiger partial charge in [-0.05, 0) is 42.4 Å². The van der Waals surface area contributed by atoms with Gasteiger partial charge in [0.2, 0.25) is 11.8 Å². The van der Waals surface area contributed by atoms with Gasteiger partial charge in [-0.2, -0.15) is 0 Å². The molecule has 0 heterocycles. The summed E-state index contributed by atoms with van der Waals surface area (Å²) in [5.41, 5.74) is 2.38. The number of rotatable bonds is 7. The number of likely N-dealkylation sites (N-methyl/N-ethyl adjacent to an activating group) is 1. The molecule has 2 amide bonds. The highest BCUT2D eigenvalue weighted by Gasteiger charge is 2.11. The van der Waals surface area contributed by atoms with Crippen LogP contribution < -0.4 is 10.6 Å². The van der Waals surface area contributed by atoms with Crippen LogP contribution >= 0.6 is 11.6 Å². The maximum Gasteiger partial charge on any atom is 0.238 e. The van der Waals surface area contributed by atoms with Gasteiger partial charge < -0.3 is 10.6 Å². The quantitative estimate of drug-likeness (QED) is 0.791. The number of hydrogen-bond donors (Lipinski definition) is 2. The van der Waals surface area contributed by atoms with Crippen molar-refractivity contribution in [2.45, 2.75) is 20.4 Å². The van der Waals surface area contributed by atoms with Crippen molar-refractivity contribution in [1.82, 2.24) is 4.90 Å². The molecule has 0 aromatic heterocycles. The Morgan fingerprint density at radius 3 is 2.16 bits per heavy atom. The minimum atomic E-state index is -0.130. The second kappa shape index (κ2) is 9.20. The number of nitrogens with one attached hydrogen (secondary N) is 2. The number of hydrogen-bond acceptors (Lipinski definition) is 3. The lowest BCUT2D eigenvalue weighted by Gasteiger charge is -2.20. The van der Waals surface area contributed by atoms with Crippen molar-refractivity contribution in [2.75, 3.05) is 23.7 Å². The molecule has 0 fully saturated rings. The number of benzene rings is 2. The summed E-state index contributed by atoms with van der Waals surface area (Å²) >= 11 is 6.19. The van der Waals surface area contributed by atoms with Crippen molar-refractivity contribution in [3.05, 3.63) is 59.1 Å². The SMILES string of the molecule is CCN(CC(=O)Nc1ccc(NC(C)=O)cc1)Cc1ccccc1Cl. The Balaban J connectivity index is 1.91. The molecule has 0 aliphatic rings. The predicted octanol–water partition coefficient (Wildman–Crippen LogP) is 3.76. The van der Waals surface area contributed by atoms with Gasteiger partial charge in [0.15, 0.2) is 0 Å². The fourth-order valence-electron chi connectivity index (χ4n) is 2.39. The van der Waals surface area contributed by atoms with Crippen LogP contribution in [0, 0.1) is 0 Å². The van der Waals surface area contributed by atoms with E-state index in [0.717, 1.165) is 12.1 Å². The summed E-state index contributed by atoms with van der Waals surface area (Å²) in [5, 5.41) is 6.25. The van der Waals surface area contributed by atoms with Crippen molar-refractivity contribution in [3.63, 3.8) is 0 Å². The minimum Gasteiger partial charge on any atom is -0.326 e. The highest BCUT2D eigenvalue weighted by atomic mass is 35.5. The molecule has 0 atom stereocenters. The monoisotopic (exact) mass is 359 g/mol. The zero-order valence-electron chi connectivity index (χ0n) is 14.4. The highest BCUT2D eigenvalue weighted by molar-refractivity contribution is 6.31. The van der Waals surface area contributed by atoms with Gasteiger partial charge in [0.05, 0.1) is 6.54 Å². The number of amides is 2. The molecular weight excluding hydrogens is 338 g/mol. The number of anilines is 2. The molecular formula is C19H22ClN3O2. The Kier molecular flexibility index (Phi) is 6.98. The standard InChI is InChI=1S/C19H22ClN3O2/c1-3-23(12-15-6-4-5-7-18(15)20)13-19(25)22-17-10-8-16(9-11-17)21-14(2)24/h4-11H,3,12-13H2,1-2H3,(H,21,24)(H,22,25). The van der Waals surface area contributed by atoms with E-state index in [9.17, 15) is 9.59 Å². The summed E-state index contributed by atoms with van der Waals surface area (Å²) in [6, 6.07) is 14.6. The third kappa shape index (κ3) is 6.21. The van der Waals surface area contributed by atoms with Crippen molar-refractivity contribution in [3.8, 4) is 0 Å². The van der Waals surface area contributed by atoms with Gasteiger partial charge in [-0.25, -0.2) is 0 Å². The molecule has 0 saturated heterocycles. The molecule has 0 saturated carbocycles. The van der Waals surface area contributed by atoms with Crippen LogP contribution in [0.3, 0.4) is 0 Å². The molecule has 2 aromatic carbocycles. The molecule has 132 valence electrons. The first-order valence-corrected chi connectivity index (χ1v) is 8.49. The van der Waals surface area contributed by atoms with Crippen LogP contribution in [-0.4, -0.2) is 29.8 Å². The Morgan fingerprint density at radius 1 is 1.00 bits per heavy atom.